The minimum atomic E-state index is -1.09. The third kappa shape index (κ3) is 3.71. The molecule has 3 N–H and O–H groups in total. The molecule has 21 heavy (non-hydrogen) atoms. The van der Waals surface area contributed by atoms with E-state index in [-0.39, 0.29) is 17.8 Å². The van der Waals surface area contributed by atoms with Crippen molar-refractivity contribution >= 4 is 17.7 Å². The molecule has 1 heterocycles. The lowest BCUT2D eigenvalue weighted by Crippen LogP contribution is -2.40. The number of carboxylic acids is 1. The van der Waals surface area contributed by atoms with Crippen LogP contribution in [0.2, 0.25) is 0 Å². The Morgan fingerprint density at radius 2 is 2.14 bits per heavy atom. The molecule has 0 bridgehead atoms. The van der Waals surface area contributed by atoms with Crippen LogP contribution < -0.4 is 10.6 Å². The Morgan fingerprint density at radius 3 is 2.67 bits per heavy atom. The Morgan fingerprint density at radius 1 is 1.38 bits per heavy atom. The van der Waals surface area contributed by atoms with Crippen LogP contribution in [0.25, 0.3) is 0 Å². The van der Waals surface area contributed by atoms with Crippen LogP contribution in [0.1, 0.15) is 43.6 Å². The number of amides is 2. The molecule has 6 nitrogen and oxygen atoms in total. The molecule has 0 radical (unpaired) electrons. The van der Waals surface area contributed by atoms with Gasteiger partial charge >= 0.3 is 12.0 Å². The van der Waals surface area contributed by atoms with Gasteiger partial charge in [0.05, 0.1) is 11.9 Å². The molecule has 1 saturated carbocycles. The normalized spacial score (nSPS) is 24.6. The van der Waals surface area contributed by atoms with Crippen molar-refractivity contribution in [3.8, 4) is 0 Å². The van der Waals surface area contributed by atoms with Crippen LogP contribution in [0, 0.1) is 11.8 Å². The summed E-state index contributed by atoms with van der Waals surface area (Å²) in [4.78, 5) is 26.4. The van der Waals surface area contributed by atoms with Gasteiger partial charge in [0.25, 0.3) is 0 Å². The number of nitrogens with zero attached hydrogens (tertiary/aromatic N) is 1. The number of pyridine rings is 1. The summed E-state index contributed by atoms with van der Waals surface area (Å²) in [5.74, 6) is 0.0662. The van der Waals surface area contributed by atoms with Crippen LogP contribution >= 0.6 is 0 Å². The minimum Gasteiger partial charge on any atom is -0.477 e. The molecule has 0 aromatic carbocycles. The standard InChI is InChI=1S/C15H21N3O3/c1-3-10-4-6-12(9(10)2)18-15(21)17-11-5-7-13(14(19)20)16-8-11/h5,7-10,12H,3-4,6H2,1-2H3,(H,19,20)(H2,17,18,21). The van der Waals surface area contributed by atoms with Gasteiger partial charge in [-0.1, -0.05) is 20.3 Å². The van der Waals surface area contributed by atoms with E-state index in [0.717, 1.165) is 19.3 Å². The summed E-state index contributed by atoms with van der Waals surface area (Å²) in [6, 6.07) is 2.82. The van der Waals surface area contributed by atoms with E-state index in [1.54, 1.807) is 0 Å². The maximum Gasteiger partial charge on any atom is 0.354 e. The lowest BCUT2D eigenvalue weighted by atomic mass is 9.94. The maximum absolute atomic E-state index is 12.0. The monoisotopic (exact) mass is 291 g/mol. The van der Waals surface area contributed by atoms with Crippen LogP contribution in [-0.4, -0.2) is 28.1 Å². The zero-order valence-electron chi connectivity index (χ0n) is 12.3. The van der Waals surface area contributed by atoms with E-state index in [1.807, 2.05) is 0 Å². The number of urea groups is 1. The van der Waals surface area contributed by atoms with Gasteiger partial charge in [0, 0.05) is 6.04 Å². The maximum atomic E-state index is 12.0. The van der Waals surface area contributed by atoms with Gasteiger partial charge in [0.15, 0.2) is 0 Å². The fourth-order valence-electron chi connectivity index (χ4n) is 2.96. The zero-order chi connectivity index (χ0) is 15.4. The van der Waals surface area contributed by atoms with E-state index in [9.17, 15) is 9.59 Å². The molecular formula is C15H21N3O3. The van der Waals surface area contributed by atoms with Crippen molar-refractivity contribution in [1.29, 1.82) is 0 Å². The highest BCUT2D eigenvalue weighted by Gasteiger charge is 2.32. The summed E-state index contributed by atoms with van der Waals surface area (Å²) >= 11 is 0. The van der Waals surface area contributed by atoms with Gasteiger partial charge < -0.3 is 15.7 Å². The average Bonchev–Trinajstić information content (AvgIpc) is 2.80. The number of aromatic carboxylic acids is 1. The first-order valence-corrected chi connectivity index (χ1v) is 7.28. The molecule has 1 aliphatic carbocycles. The van der Waals surface area contributed by atoms with Gasteiger partial charge in [-0.25, -0.2) is 14.6 Å². The summed E-state index contributed by atoms with van der Waals surface area (Å²) in [5, 5.41) is 14.4. The molecule has 6 heteroatoms. The van der Waals surface area contributed by atoms with Crippen molar-refractivity contribution in [2.75, 3.05) is 5.32 Å². The van der Waals surface area contributed by atoms with E-state index in [0.29, 0.717) is 17.5 Å². The van der Waals surface area contributed by atoms with Crippen molar-refractivity contribution in [3.05, 3.63) is 24.0 Å². The topological polar surface area (TPSA) is 91.3 Å². The minimum absolute atomic E-state index is 0.0452. The fourth-order valence-corrected chi connectivity index (χ4v) is 2.96. The number of nitrogens with one attached hydrogen (secondary N) is 2. The van der Waals surface area contributed by atoms with Crippen LogP contribution in [0.15, 0.2) is 18.3 Å². The third-order valence-corrected chi connectivity index (χ3v) is 4.31. The Hall–Kier alpha value is -2.11. The molecule has 114 valence electrons. The molecule has 1 fully saturated rings. The SMILES string of the molecule is CCC1CCC(NC(=O)Nc2ccc(C(=O)O)nc2)C1C. The second kappa shape index (κ2) is 6.56. The highest BCUT2D eigenvalue weighted by Crippen LogP contribution is 2.33. The van der Waals surface area contributed by atoms with Crippen molar-refractivity contribution < 1.29 is 14.7 Å². The number of hydrogen-bond acceptors (Lipinski definition) is 3. The number of carbonyl (C=O) groups excluding carboxylic acids is 1. The summed E-state index contributed by atoms with van der Waals surface area (Å²) < 4.78 is 0. The Labute approximate surface area is 124 Å². The van der Waals surface area contributed by atoms with Gasteiger partial charge in [-0.2, -0.15) is 0 Å². The largest absolute Gasteiger partial charge is 0.477 e. The molecule has 3 unspecified atom stereocenters. The number of carboxylic acid groups (broad SMARTS) is 1. The summed E-state index contributed by atoms with van der Waals surface area (Å²) in [5.41, 5.74) is 0.436. The van der Waals surface area contributed by atoms with Crippen LogP contribution in [0.4, 0.5) is 10.5 Å². The predicted molar refractivity (Wildman–Crippen MR) is 79.3 cm³/mol. The molecule has 1 aliphatic rings. The van der Waals surface area contributed by atoms with Crippen molar-refractivity contribution in [2.45, 2.75) is 39.2 Å². The van der Waals surface area contributed by atoms with E-state index in [2.05, 4.69) is 29.5 Å². The zero-order valence-corrected chi connectivity index (χ0v) is 12.3. The summed E-state index contributed by atoms with van der Waals surface area (Å²) in [7, 11) is 0. The molecule has 0 spiro atoms. The van der Waals surface area contributed by atoms with E-state index >= 15 is 0 Å². The Balaban J connectivity index is 1.88. The van der Waals surface area contributed by atoms with Crippen LogP contribution in [-0.2, 0) is 0 Å². The average molecular weight is 291 g/mol. The Kier molecular flexibility index (Phi) is 4.77. The second-order valence-corrected chi connectivity index (χ2v) is 5.55. The fraction of sp³-hybridized carbons (Fsp3) is 0.533. The van der Waals surface area contributed by atoms with Crippen molar-refractivity contribution in [3.63, 3.8) is 0 Å². The predicted octanol–water partition coefficient (Wildman–Crippen LogP) is 2.73. The molecule has 2 amide bonds. The molecule has 3 atom stereocenters. The van der Waals surface area contributed by atoms with Gasteiger partial charge in [0.1, 0.15) is 5.69 Å². The first-order chi connectivity index (χ1) is 10.0. The number of rotatable bonds is 4. The van der Waals surface area contributed by atoms with Gasteiger partial charge in [-0.15, -0.1) is 0 Å². The summed E-state index contributed by atoms with van der Waals surface area (Å²) in [6.45, 7) is 4.36. The lowest BCUT2D eigenvalue weighted by Gasteiger charge is -2.21. The molecule has 0 aliphatic heterocycles. The molecule has 0 saturated heterocycles. The number of aromatic nitrogens is 1. The van der Waals surface area contributed by atoms with Gasteiger partial charge in [0.2, 0.25) is 0 Å². The Bertz CT molecular complexity index is 515. The number of hydrogen-bond donors (Lipinski definition) is 3. The first-order valence-electron chi connectivity index (χ1n) is 7.28. The van der Waals surface area contributed by atoms with Gasteiger partial charge in [-0.05, 0) is 36.8 Å². The highest BCUT2D eigenvalue weighted by atomic mass is 16.4. The quantitative estimate of drug-likeness (QED) is 0.795. The van der Waals surface area contributed by atoms with E-state index in [1.165, 1.54) is 18.3 Å². The third-order valence-electron chi connectivity index (χ3n) is 4.31. The van der Waals surface area contributed by atoms with Gasteiger partial charge in [-0.3, -0.25) is 0 Å². The van der Waals surface area contributed by atoms with E-state index < -0.39 is 5.97 Å². The van der Waals surface area contributed by atoms with Crippen molar-refractivity contribution in [1.82, 2.24) is 10.3 Å². The highest BCUT2D eigenvalue weighted by molar-refractivity contribution is 5.90. The van der Waals surface area contributed by atoms with Crippen LogP contribution in [0.5, 0.6) is 0 Å². The lowest BCUT2D eigenvalue weighted by molar-refractivity contribution is 0.0690. The molecular weight excluding hydrogens is 270 g/mol. The second-order valence-electron chi connectivity index (χ2n) is 5.55. The first kappa shape index (κ1) is 15.3. The smallest absolute Gasteiger partial charge is 0.354 e. The molecule has 1 aromatic heterocycles. The van der Waals surface area contributed by atoms with Crippen molar-refractivity contribution in [2.24, 2.45) is 11.8 Å². The molecule has 2 rings (SSSR count). The summed E-state index contributed by atoms with van der Waals surface area (Å²) in [6.07, 6.45) is 4.64. The number of anilines is 1. The van der Waals surface area contributed by atoms with E-state index in [4.69, 9.17) is 5.11 Å². The number of carbonyl (C=O) groups is 2. The van der Waals surface area contributed by atoms with Crippen LogP contribution in [0.3, 0.4) is 0 Å². The molecule has 1 aromatic rings.